The molecule has 4 nitrogen and oxygen atoms in total. The van der Waals surface area contributed by atoms with Gasteiger partial charge in [-0.2, -0.15) is 0 Å². The van der Waals surface area contributed by atoms with Gasteiger partial charge in [-0.1, -0.05) is 50.6 Å². The predicted octanol–water partition coefficient (Wildman–Crippen LogP) is 2.90. The number of rotatable bonds is 4. The highest BCUT2D eigenvalue weighted by atomic mass is 16.2. The third-order valence-electron chi connectivity index (χ3n) is 3.60. The second kappa shape index (κ2) is 6.51. The van der Waals surface area contributed by atoms with Crippen LogP contribution in [0.15, 0.2) is 24.3 Å². The van der Waals surface area contributed by atoms with Gasteiger partial charge in [-0.05, 0) is 33.3 Å². The van der Waals surface area contributed by atoms with E-state index in [9.17, 15) is 9.59 Å². The van der Waals surface area contributed by atoms with E-state index in [0.29, 0.717) is 0 Å². The van der Waals surface area contributed by atoms with Crippen molar-refractivity contribution in [1.29, 1.82) is 0 Å². The first kappa shape index (κ1) is 18.2. The van der Waals surface area contributed by atoms with Gasteiger partial charge in [0.25, 0.3) is 0 Å². The summed E-state index contributed by atoms with van der Waals surface area (Å²) in [7, 11) is 0. The van der Waals surface area contributed by atoms with E-state index in [2.05, 4.69) is 16.7 Å². The Kier molecular flexibility index (Phi) is 5.39. The maximum atomic E-state index is 12.4. The van der Waals surface area contributed by atoms with Gasteiger partial charge in [0.05, 0.1) is 5.54 Å². The minimum absolute atomic E-state index is 0.136. The normalized spacial score (nSPS) is 13.4. The van der Waals surface area contributed by atoms with Crippen LogP contribution in [0.25, 0.3) is 0 Å². The van der Waals surface area contributed by atoms with E-state index in [4.69, 9.17) is 0 Å². The smallest absolute Gasteiger partial charge is 0.242 e. The molecular formula is C18H28N2O2. The lowest BCUT2D eigenvalue weighted by molar-refractivity contribution is -0.133. The average Bonchev–Trinajstić information content (AvgIpc) is 2.36. The van der Waals surface area contributed by atoms with E-state index in [1.54, 1.807) is 6.92 Å². The van der Waals surface area contributed by atoms with Crippen LogP contribution in [0.1, 0.15) is 52.7 Å². The Labute approximate surface area is 133 Å². The van der Waals surface area contributed by atoms with Gasteiger partial charge in [-0.15, -0.1) is 0 Å². The van der Waals surface area contributed by atoms with Crippen molar-refractivity contribution in [3.63, 3.8) is 0 Å². The maximum absolute atomic E-state index is 12.4. The number of carbonyl (C=O) groups is 2. The SMILES string of the molecule is Cc1cccc(C(C)(C)NC(=O)[C@@H](C)NC(=O)C(C)(C)C)c1. The van der Waals surface area contributed by atoms with Gasteiger partial charge in [0, 0.05) is 5.41 Å². The molecule has 0 spiro atoms. The van der Waals surface area contributed by atoms with E-state index in [0.717, 1.165) is 11.1 Å². The van der Waals surface area contributed by atoms with Crippen molar-refractivity contribution < 1.29 is 9.59 Å². The maximum Gasteiger partial charge on any atom is 0.242 e. The van der Waals surface area contributed by atoms with E-state index >= 15 is 0 Å². The molecule has 0 radical (unpaired) electrons. The third kappa shape index (κ3) is 4.86. The van der Waals surface area contributed by atoms with Crippen molar-refractivity contribution in [2.75, 3.05) is 0 Å². The van der Waals surface area contributed by atoms with Crippen LogP contribution in [0.2, 0.25) is 0 Å². The monoisotopic (exact) mass is 304 g/mol. The molecule has 0 saturated heterocycles. The summed E-state index contributed by atoms with van der Waals surface area (Å²) in [5, 5.41) is 5.76. The van der Waals surface area contributed by atoms with Crippen molar-refractivity contribution in [3.8, 4) is 0 Å². The lowest BCUT2D eigenvalue weighted by Crippen LogP contribution is -2.52. The summed E-state index contributed by atoms with van der Waals surface area (Å²) in [6.07, 6.45) is 0. The Morgan fingerprint density at radius 3 is 2.18 bits per heavy atom. The summed E-state index contributed by atoms with van der Waals surface area (Å²) in [6, 6.07) is 7.47. The molecular weight excluding hydrogens is 276 g/mol. The fraction of sp³-hybridized carbons (Fsp3) is 0.556. The minimum Gasteiger partial charge on any atom is -0.345 e. The summed E-state index contributed by atoms with van der Waals surface area (Å²) < 4.78 is 0. The highest BCUT2D eigenvalue weighted by Gasteiger charge is 2.28. The van der Waals surface area contributed by atoms with Crippen LogP contribution in [0.5, 0.6) is 0 Å². The lowest BCUT2D eigenvalue weighted by atomic mass is 9.92. The summed E-state index contributed by atoms with van der Waals surface area (Å²) in [5.74, 6) is -0.326. The van der Waals surface area contributed by atoms with Gasteiger partial charge in [-0.3, -0.25) is 9.59 Å². The minimum atomic E-state index is -0.573. The zero-order valence-corrected chi connectivity index (χ0v) is 14.7. The Balaban J connectivity index is 2.76. The van der Waals surface area contributed by atoms with Crippen molar-refractivity contribution >= 4 is 11.8 Å². The first-order valence-electron chi connectivity index (χ1n) is 7.63. The first-order chi connectivity index (χ1) is 9.93. The fourth-order valence-electron chi connectivity index (χ4n) is 2.00. The number of hydrogen-bond donors (Lipinski definition) is 2. The molecule has 0 aromatic heterocycles. The van der Waals surface area contributed by atoms with Crippen molar-refractivity contribution in [1.82, 2.24) is 10.6 Å². The lowest BCUT2D eigenvalue weighted by Gasteiger charge is -2.30. The molecule has 0 heterocycles. The number of benzene rings is 1. The number of carbonyl (C=O) groups excluding carboxylic acids is 2. The molecule has 1 aromatic rings. The van der Waals surface area contributed by atoms with Gasteiger partial charge in [0.2, 0.25) is 11.8 Å². The van der Waals surface area contributed by atoms with Gasteiger partial charge in [0.15, 0.2) is 0 Å². The zero-order valence-electron chi connectivity index (χ0n) is 14.7. The summed E-state index contributed by atoms with van der Waals surface area (Å²) >= 11 is 0. The Morgan fingerprint density at radius 2 is 1.68 bits per heavy atom. The van der Waals surface area contributed by atoms with Crippen LogP contribution in [0.4, 0.5) is 0 Å². The van der Waals surface area contributed by atoms with Gasteiger partial charge < -0.3 is 10.6 Å². The molecule has 0 aliphatic heterocycles. The molecule has 0 saturated carbocycles. The van der Waals surface area contributed by atoms with Gasteiger partial charge in [-0.25, -0.2) is 0 Å². The molecule has 0 aliphatic carbocycles. The molecule has 1 rings (SSSR count). The van der Waals surface area contributed by atoms with Crippen molar-refractivity contribution in [3.05, 3.63) is 35.4 Å². The van der Waals surface area contributed by atoms with Gasteiger partial charge in [0.1, 0.15) is 6.04 Å². The molecule has 1 aromatic carbocycles. The van der Waals surface area contributed by atoms with E-state index in [-0.39, 0.29) is 11.8 Å². The summed E-state index contributed by atoms with van der Waals surface area (Å²) in [5.41, 5.74) is 1.17. The highest BCUT2D eigenvalue weighted by molar-refractivity contribution is 5.89. The molecule has 2 N–H and O–H groups in total. The number of nitrogens with one attached hydrogen (secondary N) is 2. The summed E-state index contributed by atoms with van der Waals surface area (Å²) in [6.45, 7) is 13.1. The van der Waals surface area contributed by atoms with Crippen LogP contribution in [-0.2, 0) is 15.1 Å². The Hall–Kier alpha value is -1.84. The standard InChI is InChI=1S/C18H28N2O2/c1-12-9-8-10-14(11-12)18(6,7)20-15(21)13(2)19-16(22)17(3,4)5/h8-11,13H,1-7H3,(H,19,22)(H,20,21)/t13-/m1/s1. The van der Waals surface area contributed by atoms with E-state index in [1.165, 1.54) is 0 Å². The van der Waals surface area contributed by atoms with Crippen molar-refractivity contribution in [2.45, 2.75) is 60.0 Å². The first-order valence-corrected chi connectivity index (χ1v) is 7.63. The Morgan fingerprint density at radius 1 is 1.09 bits per heavy atom. The molecule has 0 aliphatic rings. The van der Waals surface area contributed by atoms with Gasteiger partial charge >= 0.3 is 0 Å². The Bertz CT molecular complexity index is 556. The molecule has 2 amide bonds. The second-order valence-corrected chi connectivity index (χ2v) is 7.43. The average molecular weight is 304 g/mol. The molecule has 4 heteroatoms. The number of hydrogen-bond acceptors (Lipinski definition) is 2. The number of aryl methyl sites for hydroxylation is 1. The molecule has 1 atom stereocenters. The molecule has 0 bridgehead atoms. The highest BCUT2D eigenvalue weighted by Crippen LogP contribution is 2.21. The molecule has 0 unspecified atom stereocenters. The zero-order chi connectivity index (χ0) is 17.1. The topological polar surface area (TPSA) is 58.2 Å². The summed E-state index contributed by atoms with van der Waals surface area (Å²) in [4.78, 5) is 24.3. The van der Waals surface area contributed by atoms with Crippen LogP contribution in [0, 0.1) is 12.3 Å². The van der Waals surface area contributed by atoms with Crippen LogP contribution in [0.3, 0.4) is 0 Å². The van der Waals surface area contributed by atoms with E-state index < -0.39 is 17.0 Å². The molecule has 122 valence electrons. The van der Waals surface area contributed by atoms with Crippen LogP contribution < -0.4 is 10.6 Å². The molecule has 22 heavy (non-hydrogen) atoms. The van der Waals surface area contributed by atoms with Crippen LogP contribution in [-0.4, -0.2) is 17.9 Å². The quantitative estimate of drug-likeness (QED) is 0.898. The fourth-order valence-corrected chi connectivity index (χ4v) is 2.00. The van der Waals surface area contributed by atoms with Crippen molar-refractivity contribution in [2.24, 2.45) is 5.41 Å². The third-order valence-corrected chi connectivity index (χ3v) is 3.60. The molecule has 0 fully saturated rings. The number of amides is 2. The van der Waals surface area contributed by atoms with E-state index in [1.807, 2.05) is 59.7 Å². The predicted molar refractivity (Wildman–Crippen MR) is 89.4 cm³/mol. The largest absolute Gasteiger partial charge is 0.345 e. The second-order valence-electron chi connectivity index (χ2n) is 7.43. The van der Waals surface area contributed by atoms with Crippen LogP contribution >= 0.6 is 0 Å².